The summed E-state index contributed by atoms with van der Waals surface area (Å²) in [5.74, 6) is 0.950. The van der Waals surface area contributed by atoms with E-state index in [2.05, 4.69) is 41.3 Å². The van der Waals surface area contributed by atoms with Gasteiger partial charge in [-0.15, -0.1) is 0 Å². The lowest BCUT2D eigenvalue weighted by molar-refractivity contribution is 0.358. The van der Waals surface area contributed by atoms with Crippen LogP contribution in [0.3, 0.4) is 0 Å². The molecule has 98 valence electrons. The highest BCUT2D eigenvalue weighted by molar-refractivity contribution is 5.79. The second-order valence-corrected chi connectivity index (χ2v) is 5.60. The monoisotopic (exact) mass is 246 g/mol. The van der Waals surface area contributed by atoms with Gasteiger partial charge in [-0.1, -0.05) is 13.8 Å². The summed E-state index contributed by atoms with van der Waals surface area (Å²) in [6, 6.07) is 6.21. The van der Waals surface area contributed by atoms with Crippen LogP contribution in [0.4, 0.5) is 5.69 Å². The van der Waals surface area contributed by atoms with Crippen molar-refractivity contribution in [3.63, 3.8) is 0 Å². The zero-order chi connectivity index (χ0) is 13.2. The molecular weight excluding hydrogens is 224 g/mol. The molecule has 4 heteroatoms. The number of nitrogens with one attached hydrogen (secondary N) is 2. The molecular formula is C14H22N4. The minimum atomic E-state index is 0.196. The first-order valence-corrected chi connectivity index (χ1v) is 6.40. The number of aromatic nitrogens is 2. The van der Waals surface area contributed by atoms with E-state index in [-0.39, 0.29) is 5.41 Å². The number of nitrogens with two attached hydrogens (primary N) is 1. The van der Waals surface area contributed by atoms with Crippen LogP contribution >= 0.6 is 0 Å². The lowest BCUT2D eigenvalue weighted by atomic mass is 9.90. The number of anilines is 1. The molecule has 0 saturated heterocycles. The number of hydrogen-bond acceptors (Lipinski definition) is 3. The molecule has 0 unspecified atom stereocenters. The zero-order valence-electron chi connectivity index (χ0n) is 11.4. The van der Waals surface area contributed by atoms with Crippen LogP contribution in [-0.4, -0.2) is 23.1 Å². The molecule has 4 N–H and O–H groups in total. The third kappa shape index (κ3) is 3.01. The van der Waals surface area contributed by atoms with Gasteiger partial charge < -0.3 is 16.0 Å². The Kier molecular flexibility index (Phi) is 3.57. The van der Waals surface area contributed by atoms with Gasteiger partial charge in [-0.3, -0.25) is 0 Å². The van der Waals surface area contributed by atoms with Gasteiger partial charge in [-0.05, 0) is 43.5 Å². The van der Waals surface area contributed by atoms with E-state index in [1.54, 1.807) is 0 Å². The van der Waals surface area contributed by atoms with E-state index < -0.39 is 0 Å². The highest BCUT2D eigenvalue weighted by Crippen LogP contribution is 2.20. The van der Waals surface area contributed by atoms with Gasteiger partial charge in [0.05, 0.1) is 11.0 Å². The molecule has 4 nitrogen and oxygen atoms in total. The molecule has 1 aromatic carbocycles. The highest BCUT2D eigenvalue weighted by atomic mass is 14.9. The van der Waals surface area contributed by atoms with E-state index in [0.29, 0.717) is 6.54 Å². The number of H-pyrrole nitrogens is 1. The van der Waals surface area contributed by atoms with Crippen molar-refractivity contribution in [3.8, 4) is 0 Å². The Balaban J connectivity index is 1.99. The largest absolute Gasteiger partial charge is 0.385 e. The van der Waals surface area contributed by atoms with E-state index in [9.17, 15) is 0 Å². The first-order chi connectivity index (χ1) is 8.50. The standard InChI is InChI=1S/C14H22N4/c1-10-17-12-5-4-11(8-13(12)18-10)16-7-6-14(2,3)9-15/h4-5,8,16H,6-7,9,15H2,1-3H3,(H,17,18). The Bertz CT molecular complexity index is 528. The molecule has 2 rings (SSSR count). The summed E-state index contributed by atoms with van der Waals surface area (Å²) in [6.07, 6.45) is 1.06. The molecule has 0 atom stereocenters. The van der Waals surface area contributed by atoms with Crippen LogP contribution in [0, 0.1) is 12.3 Å². The lowest BCUT2D eigenvalue weighted by Gasteiger charge is -2.22. The number of rotatable bonds is 5. The van der Waals surface area contributed by atoms with Crippen molar-refractivity contribution in [2.24, 2.45) is 11.1 Å². The SMILES string of the molecule is Cc1nc2ccc(NCCC(C)(C)CN)cc2[nH]1. The van der Waals surface area contributed by atoms with E-state index in [0.717, 1.165) is 35.5 Å². The van der Waals surface area contributed by atoms with Crippen molar-refractivity contribution in [1.29, 1.82) is 0 Å². The summed E-state index contributed by atoms with van der Waals surface area (Å²) >= 11 is 0. The fraction of sp³-hybridized carbons (Fsp3) is 0.500. The van der Waals surface area contributed by atoms with Crippen LogP contribution in [0.15, 0.2) is 18.2 Å². The molecule has 0 radical (unpaired) electrons. The molecule has 2 aromatic rings. The van der Waals surface area contributed by atoms with E-state index in [4.69, 9.17) is 5.73 Å². The molecule has 0 bridgehead atoms. The lowest BCUT2D eigenvalue weighted by Crippen LogP contribution is -2.26. The van der Waals surface area contributed by atoms with Gasteiger partial charge in [0.15, 0.2) is 0 Å². The number of aromatic amines is 1. The molecule has 0 amide bonds. The van der Waals surface area contributed by atoms with Gasteiger partial charge in [-0.2, -0.15) is 0 Å². The van der Waals surface area contributed by atoms with Crippen molar-refractivity contribution in [2.75, 3.05) is 18.4 Å². The molecule has 0 saturated carbocycles. The first kappa shape index (κ1) is 12.9. The van der Waals surface area contributed by atoms with E-state index in [1.807, 2.05) is 13.0 Å². The summed E-state index contributed by atoms with van der Waals surface area (Å²) in [4.78, 5) is 7.63. The minimum absolute atomic E-state index is 0.196. The third-order valence-corrected chi connectivity index (χ3v) is 3.28. The molecule has 18 heavy (non-hydrogen) atoms. The Morgan fingerprint density at radius 3 is 2.89 bits per heavy atom. The Morgan fingerprint density at radius 2 is 2.17 bits per heavy atom. The maximum absolute atomic E-state index is 5.72. The van der Waals surface area contributed by atoms with Crippen molar-refractivity contribution in [2.45, 2.75) is 27.2 Å². The fourth-order valence-electron chi connectivity index (χ4n) is 1.89. The van der Waals surface area contributed by atoms with Crippen molar-refractivity contribution in [3.05, 3.63) is 24.0 Å². The summed E-state index contributed by atoms with van der Waals surface area (Å²) in [6.45, 7) is 8.00. The second kappa shape index (κ2) is 4.98. The van der Waals surface area contributed by atoms with Gasteiger partial charge >= 0.3 is 0 Å². The Hall–Kier alpha value is -1.55. The van der Waals surface area contributed by atoms with Crippen LogP contribution in [0.1, 0.15) is 26.1 Å². The Morgan fingerprint density at radius 1 is 1.39 bits per heavy atom. The number of fused-ring (bicyclic) bond motifs is 1. The Labute approximate surface area is 108 Å². The number of imidazole rings is 1. The summed E-state index contributed by atoms with van der Waals surface area (Å²) in [5, 5.41) is 3.43. The number of aryl methyl sites for hydroxylation is 1. The maximum Gasteiger partial charge on any atom is 0.104 e. The quantitative estimate of drug-likeness (QED) is 0.760. The number of nitrogens with zero attached hydrogens (tertiary/aromatic N) is 1. The molecule has 0 aliphatic carbocycles. The topological polar surface area (TPSA) is 66.7 Å². The summed E-state index contributed by atoms with van der Waals surface area (Å²) < 4.78 is 0. The van der Waals surface area contributed by atoms with Gasteiger partial charge in [-0.25, -0.2) is 4.98 Å². The van der Waals surface area contributed by atoms with Crippen molar-refractivity contribution in [1.82, 2.24) is 9.97 Å². The van der Waals surface area contributed by atoms with E-state index >= 15 is 0 Å². The second-order valence-electron chi connectivity index (χ2n) is 5.60. The van der Waals surface area contributed by atoms with Crippen LogP contribution < -0.4 is 11.1 Å². The average molecular weight is 246 g/mol. The summed E-state index contributed by atoms with van der Waals surface area (Å²) in [5.41, 5.74) is 9.14. The predicted octanol–water partition coefficient (Wildman–Crippen LogP) is 2.66. The highest BCUT2D eigenvalue weighted by Gasteiger charge is 2.14. The van der Waals surface area contributed by atoms with Crippen LogP contribution in [0.2, 0.25) is 0 Å². The summed E-state index contributed by atoms with van der Waals surface area (Å²) in [7, 11) is 0. The van der Waals surface area contributed by atoms with Crippen molar-refractivity contribution >= 4 is 16.7 Å². The molecule has 1 heterocycles. The van der Waals surface area contributed by atoms with Gasteiger partial charge in [0.2, 0.25) is 0 Å². The minimum Gasteiger partial charge on any atom is -0.385 e. The number of benzene rings is 1. The van der Waals surface area contributed by atoms with Crippen molar-refractivity contribution < 1.29 is 0 Å². The number of hydrogen-bond donors (Lipinski definition) is 3. The van der Waals surface area contributed by atoms with E-state index in [1.165, 1.54) is 0 Å². The molecule has 0 spiro atoms. The van der Waals surface area contributed by atoms with Crippen LogP contribution in [0.25, 0.3) is 11.0 Å². The smallest absolute Gasteiger partial charge is 0.104 e. The molecule has 1 aromatic heterocycles. The zero-order valence-corrected chi connectivity index (χ0v) is 11.4. The van der Waals surface area contributed by atoms with Gasteiger partial charge in [0, 0.05) is 12.2 Å². The maximum atomic E-state index is 5.72. The van der Waals surface area contributed by atoms with Crippen LogP contribution in [-0.2, 0) is 0 Å². The average Bonchev–Trinajstić information content (AvgIpc) is 2.68. The fourth-order valence-corrected chi connectivity index (χ4v) is 1.89. The molecule has 0 aliphatic rings. The van der Waals surface area contributed by atoms with Gasteiger partial charge in [0.1, 0.15) is 5.82 Å². The third-order valence-electron chi connectivity index (χ3n) is 3.28. The first-order valence-electron chi connectivity index (χ1n) is 6.40. The molecule has 0 aliphatic heterocycles. The normalized spacial score (nSPS) is 12.0. The predicted molar refractivity (Wildman–Crippen MR) is 76.8 cm³/mol. The van der Waals surface area contributed by atoms with Crippen LogP contribution in [0.5, 0.6) is 0 Å². The van der Waals surface area contributed by atoms with Gasteiger partial charge in [0.25, 0.3) is 0 Å². The molecule has 0 fully saturated rings.